The van der Waals surface area contributed by atoms with Gasteiger partial charge in [0.25, 0.3) is 5.22 Å². The largest absolute Gasteiger partial charge is 0.416 e. The molecule has 2 aromatic heterocycles. The van der Waals surface area contributed by atoms with Crippen LogP contribution in [0.5, 0.6) is 0 Å². The summed E-state index contributed by atoms with van der Waals surface area (Å²) in [5.74, 6) is 0.800. The van der Waals surface area contributed by atoms with Gasteiger partial charge < -0.3 is 15.5 Å². The highest BCUT2D eigenvalue weighted by atomic mass is 32.2. The summed E-state index contributed by atoms with van der Waals surface area (Å²) in [6, 6.07) is 5.72. The first-order valence-electron chi connectivity index (χ1n) is 8.56. The molecule has 1 aliphatic rings. The number of nitrogens with zero attached hydrogens (tertiary/aromatic N) is 5. The molecule has 0 unspecified atom stereocenters. The van der Waals surface area contributed by atoms with Crippen molar-refractivity contribution in [3.8, 4) is 0 Å². The van der Waals surface area contributed by atoms with Gasteiger partial charge in [-0.1, -0.05) is 11.8 Å². The highest BCUT2D eigenvalue weighted by molar-refractivity contribution is 7.98. The molecule has 1 aliphatic heterocycles. The van der Waals surface area contributed by atoms with E-state index in [-0.39, 0.29) is 46.1 Å². The van der Waals surface area contributed by atoms with E-state index in [4.69, 9.17) is 10.2 Å². The number of benzene rings is 1. The number of aromatic nitrogens is 5. The number of rotatable bonds is 6. The summed E-state index contributed by atoms with van der Waals surface area (Å²) in [5.41, 5.74) is 6.34. The molecule has 0 radical (unpaired) electrons. The number of nitrogens with one attached hydrogen (secondary N) is 1. The van der Waals surface area contributed by atoms with Gasteiger partial charge in [0.15, 0.2) is 9.84 Å². The number of hydrogen-bond donors (Lipinski definition) is 2. The number of halogens is 1. The molecule has 3 aromatic rings. The van der Waals surface area contributed by atoms with Crippen LogP contribution in [-0.4, -0.2) is 45.1 Å². The third-order valence-electron chi connectivity index (χ3n) is 4.13. The maximum atomic E-state index is 13.0. The van der Waals surface area contributed by atoms with Gasteiger partial charge in [0.1, 0.15) is 11.6 Å². The average molecular weight is 437 g/mol. The Balaban J connectivity index is 1.41. The Hall–Kier alpha value is -2.80. The number of nitrogen functional groups attached to an aromatic ring is 1. The van der Waals surface area contributed by atoms with Gasteiger partial charge in [-0.25, -0.2) is 12.8 Å². The summed E-state index contributed by atoms with van der Waals surface area (Å²) in [5, 5.41) is 11.1. The summed E-state index contributed by atoms with van der Waals surface area (Å²) in [7, 11) is -3.03. The Kier molecular flexibility index (Phi) is 5.32. The molecule has 3 heterocycles. The van der Waals surface area contributed by atoms with Gasteiger partial charge in [-0.15, -0.1) is 10.2 Å². The van der Waals surface area contributed by atoms with Crippen molar-refractivity contribution < 1.29 is 17.2 Å². The van der Waals surface area contributed by atoms with Crippen LogP contribution < -0.4 is 11.1 Å². The van der Waals surface area contributed by atoms with Gasteiger partial charge in [-0.2, -0.15) is 15.0 Å². The maximum Gasteiger partial charge on any atom is 0.277 e. The first-order valence-corrected chi connectivity index (χ1v) is 11.4. The van der Waals surface area contributed by atoms with Crippen LogP contribution in [0, 0.1) is 5.82 Å². The summed E-state index contributed by atoms with van der Waals surface area (Å²) in [6.45, 7) is 0. The zero-order valence-electron chi connectivity index (χ0n) is 14.9. The number of anilines is 3. The SMILES string of the molecule is Nc1nc(CSc2nnc([C@H]3CCS(=O)(=O)C3)o2)nc(Nc2ccc(F)cc2)n1. The van der Waals surface area contributed by atoms with Gasteiger partial charge in [-0.05, 0) is 30.7 Å². The van der Waals surface area contributed by atoms with E-state index in [0.29, 0.717) is 23.8 Å². The third kappa shape index (κ3) is 4.98. The molecular weight excluding hydrogens is 421 g/mol. The number of sulfone groups is 1. The Bertz CT molecular complexity index is 1120. The zero-order chi connectivity index (χ0) is 20.4. The first kappa shape index (κ1) is 19.5. The summed E-state index contributed by atoms with van der Waals surface area (Å²) >= 11 is 1.20. The Morgan fingerprint density at radius 3 is 2.72 bits per heavy atom. The van der Waals surface area contributed by atoms with Crippen LogP contribution in [0.25, 0.3) is 0 Å². The molecule has 3 N–H and O–H groups in total. The molecule has 0 spiro atoms. The standard InChI is InChI=1S/C16H16FN7O3S2/c17-10-1-3-11(4-2-10)19-15-21-12(20-14(18)22-15)7-28-16-24-23-13(27-16)9-5-6-29(25,26)8-9/h1-4,9H,5-8H2,(H3,18,19,20,21,22)/t9-/m0/s1. The summed E-state index contributed by atoms with van der Waals surface area (Å²) < 4.78 is 41.8. The Labute approximate surface area is 169 Å². The highest BCUT2D eigenvalue weighted by Crippen LogP contribution is 2.30. The minimum absolute atomic E-state index is 0.0295. The smallest absolute Gasteiger partial charge is 0.277 e. The van der Waals surface area contributed by atoms with Gasteiger partial charge in [0.2, 0.25) is 17.8 Å². The predicted octanol–water partition coefficient (Wildman–Crippen LogP) is 1.91. The van der Waals surface area contributed by atoms with Gasteiger partial charge in [-0.3, -0.25) is 0 Å². The second-order valence-electron chi connectivity index (χ2n) is 6.36. The lowest BCUT2D eigenvalue weighted by Gasteiger charge is -2.06. The second-order valence-corrected chi connectivity index (χ2v) is 9.52. The molecule has 0 amide bonds. The third-order valence-corrected chi connectivity index (χ3v) is 6.71. The van der Waals surface area contributed by atoms with Crippen molar-refractivity contribution in [2.24, 2.45) is 0 Å². The first-order chi connectivity index (χ1) is 13.9. The van der Waals surface area contributed by atoms with Crippen LogP contribution in [0.4, 0.5) is 22.0 Å². The second kappa shape index (κ2) is 7.91. The molecule has 1 atom stereocenters. The van der Waals surface area contributed by atoms with Crippen molar-refractivity contribution in [2.45, 2.75) is 23.3 Å². The van der Waals surface area contributed by atoms with Crippen LogP contribution >= 0.6 is 11.8 Å². The van der Waals surface area contributed by atoms with Crippen molar-refractivity contribution in [3.63, 3.8) is 0 Å². The van der Waals surface area contributed by atoms with Crippen molar-refractivity contribution in [1.29, 1.82) is 0 Å². The van der Waals surface area contributed by atoms with Crippen molar-refractivity contribution in [2.75, 3.05) is 22.6 Å². The summed E-state index contributed by atoms with van der Waals surface area (Å²) in [4.78, 5) is 12.4. The quantitative estimate of drug-likeness (QED) is 0.544. The van der Waals surface area contributed by atoms with Gasteiger partial charge in [0, 0.05) is 5.69 Å². The number of hydrogen-bond acceptors (Lipinski definition) is 11. The lowest BCUT2D eigenvalue weighted by molar-refractivity contribution is 0.393. The highest BCUT2D eigenvalue weighted by Gasteiger charge is 2.32. The fourth-order valence-corrected chi connectivity index (χ4v) is 5.14. The summed E-state index contributed by atoms with van der Waals surface area (Å²) in [6.07, 6.45) is 0.483. The molecule has 10 nitrogen and oxygen atoms in total. The zero-order valence-corrected chi connectivity index (χ0v) is 16.6. The monoisotopic (exact) mass is 437 g/mol. The van der Waals surface area contributed by atoms with Crippen LogP contribution in [0.1, 0.15) is 24.1 Å². The van der Waals surface area contributed by atoms with E-state index in [2.05, 4.69) is 30.5 Å². The van der Waals surface area contributed by atoms with E-state index < -0.39 is 9.84 Å². The van der Waals surface area contributed by atoms with E-state index >= 15 is 0 Å². The average Bonchev–Trinajstić information content (AvgIpc) is 3.28. The molecule has 0 bridgehead atoms. The lowest BCUT2D eigenvalue weighted by atomic mass is 10.1. The fourth-order valence-electron chi connectivity index (χ4n) is 2.78. The Morgan fingerprint density at radius 2 is 2.00 bits per heavy atom. The Morgan fingerprint density at radius 1 is 1.21 bits per heavy atom. The molecule has 1 saturated heterocycles. The van der Waals surface area contributed by atoms with Crippen molar-refractivity contribution in [1.82, 2.24) is 25.1 Å². The van der Waals surface area contributed by atoms with Crippen LogP contribution in [0.2, 0.25) is 0 Å². The molecule has 29 heavy (non-hydrogen) atoms. The molecule has 4 rings (SSSR count). The van der Waals surface area contributed by atoms with E-state index in [0.717, 1.165) is 0 Å². The lowest BCUT2D eigenvalue weighted by Crippen LogP contribution is -2.06. The van der Waals surface area contributed by atoms with Gasteiger partial charge in [0.05, 0.1) is 23.2 Å². The van der Waals surface area contributed by atoms with Gasteiger partial charge >= 0.3 is 0 Å². The van der Waals surface area contributed by atoms with Crippen LogP contribution in [0.15, 0.2) is 33.9 Å². The molecule has 0 saturated carbocycles. The minimum Gasteiger partial charge on any atom is -0.416 e. The normalized spacial score (nSPS) is 18.0. The van der Waals surface area contributed by atoms with Crippen LogP contribution in [0.3, 0.4) is 0 Å². The van der Waals surface area contributed by atoms with E-state index in [1.165, 1.54) is 23.9 Å². The van der Waals surface area contributed by atoms with Crippen LogP contribution in [-0.2, 0) is 15.6 Å². The molecule has 13 heteroatoms. The number of thioether (sulfide) groups is 1. The van der Waals surface area contributed by atoms with Crippen molar-refractivity contribution in [3.05, 3.63) is 41.8 Å². The maximum absolute atomic E-state index is 13.0. The predicted molar refractivity (Wildman–Crippen MR) is 104 cm³/mol. The van der Waals surface area contributed by atoms with E-state index in [1.54, 1.807) is 12.1 Å². The van der Waals surface area contributed by atoms with E-state index in [1.807, 2.05) is 0 Å². The molecule has 1 aromatic carbocycles. The molecular formula is C16H16FN7O3S2. The van der Waals surface area contributed by atoms with Crippen molar-refractivity contribution >= 4 is 39.2 Å². The fraction of sp³-hybridized carbons (Fsp3) is 0.312. The number of nitrogens with two attached hydrogens (primary N) is 1. The minimum atomic E-state index is -3.03. The topological polar surface area (TPSA) is 150 Å². The molecule has 1 fully saturated rings. The molecule has 0 aliphatic carbocycles. The molecule has 152 valence electrons. The van der Waals surface area contributed by atoms with E-state index in [9.17, 15) is 12.8 Å².